The number of nitrogens with zero attached hydrogens (tertiary/aromatic N) is 8. The molecule has 2 aromatic carbocycles. The number of halogens is 6. The standard InChI is InChI=1S/C53H62F6N10O9S2/c1-33-9-5-11-41-45(33)64-49(79(73)29-39-35(3)43(13-21-60-39)75-31-52(54,55)56)68(41)47(70)62-19-7-23-66-25-15-37(16-26-66)77-51(72)78-38-17-27-67(28-18-38)24-8-20-63-48(71)69-42-12-6-10-34(2)46(42)65-50(69)80(74)30-40-36(4)44(14-22-61-40)76-32-53(57,58)59/h5-6,9-14,21-22,37-38H,7-8,15-20,23-32H2,1-4H3,(H,62,70)(H,63,71). The zero-order chi connectivity index (χ0) is 57.3. The van der Waals surface area contributed by atoms with Crippen LogP contribution in [0, 0.1) is 27.7 Å². The Hall–Kier alpha value is -6.71. The number of aromatic nitrogens is 6. The van der Waals surface area contributed by atoms with Crippen LogP contribution in [0.1, 0.15) is 72.2 Å². The Bertz CT molecular complexity index is 3020. The Morgan fingerprint density at radius 1 is 0.600 bits per heavy atom. The quantitative estimate of drug-likeness (QED) is 0.0416. The molecule has 2 amide bonds. The van der Waals surface area contributed by atoms with Gasteiger partial charge in [0.1, 0.15) is 23.7 Å². The normalized spacial score (nSPS) is 15.9. The van der Waals surface area contributed by atoms with Gasteiger partial charge in [0.05, 0.1) is 66.6 Å². The number of aryl methyl sites for hydroxylation is 2. The third kappa shape index (κ3) is 15.4. The van der Waals surface area contributed by atoms with Crippen molar-refractivity contribution in [1.82, 2.24) is 49.5 Å². The second-order valence-electron chi connectivity index (χ2n) is 19.6. The fraction of sp³-hybridized carbons (Fsp3) is 0.491. The summed E-state index contributed by atoms with van der Waals surface area (Å²) in [6.07, 6.45) is -4.27. The molecule has 2 saturated heterocycles. The van der Waals surface area contributed by atoms with E-state index in [1.165, 1.54) is 47.5 Å². The van der Waals surface area contributed by atoms with E-state index >= 15 is 0 Å². The third-order valence-electron chi connectivity index (χ3n) is 13.8. The lowest BCUT2D eigenvalue weighted by Crippen LogP contribution is -2.41. The summed E-state index contributed by atoms with van der Waals surface area (Å²) in [6.45, 7) is 8.25. The average molecular weight is 1160 g/mol. The first-order valence-electron chi connectivity index (χ1n) is 26.0. The number of pyridine rings is 2. The molecule has 0 bridgehead atoms. The van der Waals surface area contributed by atoms with Crippen LogP contribution in [-0.4, -0.2) is 156 Å². The number of fused-ring (bicyclic) bond motifs is 2. The molecule has 0 spiro atoms. The molecule has 4 aromatic heterocycles. The minimum absolute atomic E-state index is 0.0252. The molecule has 2 aliphatic heterocycles. The number of carbonyl (C=O) groups excluding carboxylic acids is 3. The minimum Gasteiger partial charge on any atom is -0.484 e. The molecule has 2 aliphatic rings. The van der Waals surface area contributed by atoms with E-state index in [0.717, 1.165) is 11.1 Å². The lowest BCUT2D eigenvalue weighted by molar-refractivity contribution is -0.154. The number of benzene rings is 2. The van der Waals surface area contributed by atoms with E-state index in [4.69, 9.17) is 18.9 Å². The van der Waals surface area contributed by atoms with Crippen LogP contribution >= 0.6 is 0 Å². The van der Waals surface area contributed by atoms with Gasteiger partial charge in [-0.2, -0.15) is 26.3 Å². The summed E-state index contributed by atoms with van der Waals surface area (Å²) in [7, 11) is -3.86. The molecule has 0 saturated carbocycles. The molecule has 8 rings (SSSR count). The maximum absolute atomic E-state index is 13.8. The fourth-order valence-corrected chi connectivity index (χ4v) is 12.0. The molecule has 19 nitrogen and oxygen atoms in total. The molecule has 2 fully saturated rings. The zero-order valence-electron chi connectivity index (χ0n) is 44.5. The van der Waals surface area contributed by atoms with Gasteiger partial charge in [0.25, 0.3) is 0 Å². The predicted octanol–water partition coefficient (Wildman–Crippen LogP) is 8.59. The highest BCUT2D eigenvalue weighted by Gasteiger charge is 2.32. The molecule has 6 aromatic rings. The lowest BCUT2D eigenvalue weighted by Gasteiger charge is -2.33. The summed E-state index contributed by atoms with van der Waals surface area (Å²) >= 11 is 0. The van der Waals surface area contributed by atoms with Crippen LogP contribution in [0.3, 0.4) is 0 Å². The van der Waals surface area contributed by atoms with Crippen molar-refractivity contribution in [1.29, 1.82) is 0 Å². The van der Waals surface area contributed by atoms with Crippen molar-refractivity contribution in [2.45, 2.75) is 113 Å². The molecule has 0 aliphatic carbocycles. The topological polar surface area (TPSA) is 214 Å². The number of imidazole rings is 2. The third-order valence-corrected chi connectivity index (χ3v) is 16.2. The molecule has 80 heavy (non-hydrogen) atoms. The van der Waals surface area contributed by atoms with E-state index in [0.29, 0.717) is 124 Å². The van der Waals surface area contributed by atoms with Crippen LogP contribution in [0.25, 0.3) is 22.1 Å². The maximum atomic E-state index is 13.8. The Morgan fingerprint density at radius 2 is 0.988 bits per heavy atom. The monoisotopic (exact) mass is 1160 g/mol. The number of nitrogens with one attached hydrogen (secondary N) is 2. The van der Waals surface area contributed by atoms with Crippen LogP contribution in [0.4, 0.5) is 40.7 Å². The summed E-state index contributed by atoms with van der Waals surface area (Å²) in [5.74, 6) is -0.522. The first kappa shape index (κ1) is 59.4. The average Bonchev–Trinajstić information content (AvgIpc) is 4.15. The van der Waals surface area contributed by atoms with Crippen LogP contribution in [0.15, 0.2) is 71.2 Å². The van der Waals surface area contributed by atoms with Gasteiger partial charge >= 0.3 is 30.6 Å². The number of piperidine rings is 2. The molecule has 2 unspecified atom stereocenters. The highest BCUT2D eigenvalue weighted by molar-refractivity contribution is 7.84. The van der Waals surface area contributed by atoms with Gasteiger partial charge in [-0.1, -0.05) is 24.3 Å². The van der Waals surface area contributed by atoms with Crippen molar-refractivity contribution >= 4 is 61.9 Å². The first-order chi connectivity index (χ1) is 38.1. The van der Waals surface area contributed by atoms with Crippen molar-refractivity contribution in [3.05, 3.63) is 94.6 Å². The zero-order valence-corrected chi connectivity index (χ0v) is 46.1. The molecule has 0 radical (unpaired) electrons. The minimum atomic E-state index is -4.55. The first-order valence-corrected chi connectivity index (χ1v) is 28.7. The fourth-order valence-electron chi connectivity index (χ4n) is 9.51. The van der Waals surface area contributed by atoms with Crippen LogP contribution in [0.5, 0.6) is 11.5 Å². The van der Waals surface area contributed by atoms with Gasteiger partial charge in [-0.05, 0) is 115 Å². The van der Waals surface area contributed by atoms with Crippen molar-refractivity contribution in [3.8, 4) is 11.5 Å². The molecule has 27 heteroatoms. The highest BCUT2D eigenvalue weighted by Crippen LogP contribution is 2.30. The molecular formula is C53H62F6N10O9S2. The predicted molar refractivity (Wildman–Crippen MR) is 284 cm³/mol. The van der Waals surface area contributed by atoms with Crippen molar-refractivity contribution in [2.24, 2.45) is 0 Å². The van der Waals surface area contributed by atoms with E-state index in [9.17, 15) is 49.1 Å². The molecule has 2 atom stereocenters. The van der Waals surface area contributed by atoms with Gasteiger partial charge in [0.15, 0.2) is 13.2 Å². The molecule has 6 heterocycles. The van der Waals surface area contributed by atoms with E-state index in [2.05, 4.69) is 40.4 Å². The van der Waals surface area contributed by atoms with Crippen molar-refractivity contribution in [3.63, 3.8) is 0 Å². The van der Waals surface area contributed by atoms with Gasteiger partial charge in [0.2, 0.25) is 10.3 Å². The van der Waals surface area contributed by atoms with Gasteiger partial charge in [-0.15, -0.1) is 0 Å². The van der Waals surface area contributed by atoms with Crippen molar-refractivity contribution < 1.29 is 68.1 Å². The summed E-state index contributed by atoms with van der Waals surface area (Å²) in [5, 5.41) is 5.77. The number of rotatable bonds is 20. The Labute approximate surface area is 462 Å². The van der Waals surface area contributed by atoms with Gasteiger partial charge in [-0.3, -0.25) is 18.4 Å². The Balaban J connectivity index is 0.731. The molecule has 2 N–H and O–H groups in total. The summed E-state index contributed by atoms with van der Waals surface area (Å²) < 4.78 is 129. The van der Waals surface area contributed by atoms with E-state index in [-0.39, 0.29) is 56.9 Å². The van der Waals surface area contributed by atoms with E-state index in [1.54, 1.807) is 24.3 Å². The number of para-hydroxylation sites is 2. The number of likely N-dealkylation sites (tertiary alicyclic amines) is 2. The Morgan fingerprint density at radius 3 is 1.36 bits per heavy atom. The second-order valence-corrected chi connectivity index (χ2v) is 22.3. The highest BCUT2D eigenvalue weighted by atomic mass is 32.2. The van der Waals surface area contributed by atoms with Crippen LogP contribution in [0.2, 0.25) is 0 Å². The van der Waals surface area contributed by atoms with Gasteiger partial charge < -0.3 is 39.4 Å². The maximum Gasteiger partial charge on any atom is 0.508 e. The Kier molecular flexibility index (Phi) is 19.5. The summed E-state index contributed by atoms with van der Waals surface area (Å²) in [6, 6.07) is 12.1. The number of carbonyl (C=O) groups is 3. The number of amides is 2. The summed E-state index contributed by atoms with van der Waals surface area (Å²) in [4.78, 5) is 62.4. The van der Waals surface area contributed by atoms with Gasteiger partial charge in [-0.25, -0.2) is 33.5 Å². The number of hydrogen-bond acceptors (Lipinski definition) is 15. The number of ether oxygens (including phenoxy) is 4. The second kappa shape index (κ2) is 26.3. The van der Waals surface area contributed by atoms with E-state index < -0.39 is 65.4 Å². The van der Waals surface area contributed by atoms with E-state index in [1.807, 2.05) is 26.0 Å². The van der Waals surface area contributed by atoms with Gasteiger partial charge in [0, 0.05) is 62.8 Å². The SMILES string of the molecule is Cc1c(OCC(F)(F)F)ccnc1CS(=O)c1nc2c(C)cccc2n1C(=O)NCCCN1CCC(OC(=O)OC2CCN(CCCNC(=O)n3c(S(=O)Cc4nccc(OCC(F)(F)F)c4C)nc4c(C)cccc43)CC2)CC1. The molecular weight excluding hydrogens is 1100 g/mol. The van der Waals surface area contributed by atoms with Crippen LogP contribution < -0.4 is 20.1 Å². The molecule has 432 valence electrons. The lowest BCUT2D eigenvalue weighted by atomic mass is 10.1. The number of hydrogen-bond donors (Lipinski definition) is 2. The smallest absolute Gasteiger partial charge is 0.484 e. The summed E-state index contributed by atoms with van der Waals surface area (Å²) in [5.41, 5.74) is 4.46. The van der Waals surface area contributed by atoms with Crippen LogP contribution in [-0.2, 0) is 42.6 Å². The number of alkyl halides is 6. The van der Waals surface area contributed by atoms with Crippen molar-refractivity contribution in [2.75, 3.05) is 65.6 Å². The largest absolute Gasteiger partial charge is 0.508 e.